The van der Waals surface area contributed by atoms with Gasteiger partial charge in [-0.2, -0.15) is 9.81 Å². The van der Waals surface area contributed by atoms with Gasteiger partial charge in [-0.1, -0.05) is 47.8 Å². The van der Waals surface area contributed by atoms with E-state index in [0.29, 0.717) is 19.3 Å². The lowest BCUT2D eigenvalue weighted by molar-refractivity contribution is 0.107. The van der Waals surface area contributed by atoms with Crippen molar-refractivity contribution in [2.24, 2.45) is 22.2 Å². The first-order valence-electron chi connectivity index (χ1n) is 10.7. The van der Waals surface area contributed by atoms with Crippen LogP contribution in [-0.4, -0.2) is 33.9 Å². The van der Waals surface area contributed by atoms with E-state index in [4.69, 9.17) is 5.11 Å². The van der Waals surface area contributed by atoms with Crippen LogP contribution in [-0.2, 0) is 0 Å². The van der Waals surface area contributed by atoms with Gasteiger partial charge in [0, 0.05) is 17.8 Å². The van der Waals surface area contributed by atoms with Gasteiger partial charge in [0.25, 0.3) is 0 Å². The van der Waals surface area contributed by atoms with Crippen LogP contribution in [0.25, 0.3) is 10.9 Å². The Morgan fingerprint density at radius 2 is 1.86 bits per heavy atom. The van der Waals surface area contributed by atoms with Crippen molar-refractivity contribution in [2.75, 3.05) is 6.61 Å². The Hall–Kier alpha value is -2.12. The van der Waals surface area contributed by atoms with Crippen LogP contribution in [0, 0.1) is 21.6 Å². The number of nitroso groups, excluding NO2 is 2. The minimum Gasteiger partial charge on any atom is -0.396 e. The second-order valence-corrected chi connectivity index (χ2v) is 8.24. The van der Waals surface area contributed by atoms with Crippen LogP contribution < -0.4 is 0 Å². The molecule has 1 aromatic carbocycles. The fraction of sp³-hybridized carbons (Fsp3) is 0.636. The van der Waals surface area contributed by atoms with E-state index >= 15 is 0 Å². The SMILES string of the molecule is O=N[C@H](CC[C@@H]1[C@@H](CCCCCCO)[C@@H](O)C[C@H]1N=O)c1cc2ccccc2[nH]1. The van der Waals surface area contributed by atoms with Gasteiger partial charge in [-0.25, -0.2) is 0 Å². The summed E-state index contributed by atoms with van der Waals surface area (Å²) in [5, 5.41) is 27.0. The predicted molar refractivity (Wildman–Crippen MR) is 113 cm³/mol. The fourth-order valence-electron chi connectivity index (χ4n) is 4.84. The van der Waals surface area contributed by atoms with E-state index in [1.807, 2.05) is 30.3 Å². The molecule has 0 saturated heterocycles. The molecule has 5 atom stereocenters. The van der Waals surface area contributed by atoms with Crippen molar-refractivity contribution in [3.05, 3.63) is 45.8 Å². The first kappa shape index (κ1) is 21.6. The molecule has 1 aliphatic carbocycles. The fourth-order valence-corrected chi connectivity index (χ4v) is 4.84. The molecule has 0 radical (unpaired) electrons. The summed E-state index contributed by atoms with van der Waals surface area (Å²) in [6.07, 6.45) is 5.63. The molecule has 1 aliphatic rings. The summed E-state index contributed by atoms with van der Waals surface area (Å²) in [7, 11) is 0. The molecule has 158 valence electrons. The van der Waals surface area contributed by atoms with Crippen molar-refractivity contribution in [1.82, 2.24) is 4.98 Å². The zero-order valence-corrected chi connectivity index (χ0v) is 16.7. The quantitative estimate of drug-likeness (QED) is 0.349. The Kier molecular flexibility index (Phi) is 7.89. The van der Waals surface area contributed by atoms with E-state index in [1.165, 1.54) is 0 Å². The van der Waals surface area contributed by atoms with Gasteiger partial charge in [0.1, 0.15) is 6.04 Å². The van der Waals surface area contributed by atoms with Gasteiger partial charge in [0.2, 0.25) is 0 Å². The first-order chi connectivity index (χ1) is 14.2. The number of fused-ring (bicyclic) bond motifs is 1. The van der Waals surface area contributed by atoms with Crippen LogP contribution >= 0.6 is 0 Å². The number of H-pyrrole nitrogens is 1. The van der Waals surface area contributed by atoms with Crippen molar-refractivity contribution in [3.63, 3.8) is 0 Å². The molecule has 0 spiro atoms. The Morgan fingerprint density at radius 1 is 1.07 bits per heavy atom. The minimum atomic E-state index is -0.517. The van der Waals surface area contributed by atoms with Gasteiger partial charge in [-0.3, -0.25) is 0 Å². The number of hydrogen-bond acceptors (Lipinski definition) is 6. The zero-order valence-electron chi connectivity index (χ0n) is 16.7. The summed E-state index contributed by atoms with van der Waals surface area (Å²) in [5.41, 5.74) is 1.76. The van der Waals surface area contributed by atoms with E-state index in [1.54, 1.807) is 0 Å². The molecule has 0 aliphatic heterocycles. The maximum absolute atomic E-state index is 11.5. The number of unbranched alkanes of at least 4 members (excludes halogenated alkanes) is 3. The van der Waals surface area contributed by atoms with Crippen molar-refractivity contribution < 1.29 is 10.2 Å². The normalized spacial score (nSPS) is 25.3. The molecule has 1 aromatic heterocycles. The van der Waals surface area contributed by atoms with E-state index in [-0.39, 0.29) is 18.4 Å². The zero-order chi connectivity index (χ0) is 20.6. The van der Waals surface area contributed by atoms with Gasteiger partial charge in [0.05, 0.1) is 12.1 Å². The van der Waals surface area contributed by atoms with E-state index in [2.05, 4.69) is 15.3 Å². The molecule has 1 fully saturated rings. The largest absolute Gasteiger partial charge is 0.396 e. The summed E-state index contributed by atoms with van der Waals surface area (Å²) in [4.78, 5) is 26.1. The molecule has 1 saturated carbocycles. The number of benzene rings is 1. The molecule has 29 heavy (non-hydrogen) atoms. The van der Waals surface area contributed by atoms with Crippen molar-refractivity contribution in [1.29, 1.82) is 0 Å². The lowest BCUT2D eigenvalue weighted by atomic mass is 9.84. The van der Waals surface area contributed by atoms with Crippen molar-refractivity contribution >= 4 is 10.9 Å². The second kappa shape index (κ2) is 10.6. The van der Waals surface area contributed by atoms with Crippen molar-refractivity contribution in [2.45, 2.75) is 69.6 Å². The maximum atomic E-state index is 11.5. The van der Waals surface area contributed by atoms with Gasteiger partial charge in [0.15, 0.2) is 0 Å². The van der Waals surface area contributed by atoms with Crippen LogP contribution in [0.2, 0.25) is 0 Å². The molecule has 0 unspecified atom stereocenters. The predicted octanol–water partition coefficient (Wildman–Crippen LogP) is 4.83. The molecule has 3 N–H and O–H groups in total. The van der Waals surface area contributed by atoms with E-state index in [0.717, 1.165) is 48.7 Å². The number of nitrogens with zero attached hydrogens (tertiary/aromatic N) is 2. The van der Waals surface area contributed by atoms with Gasteiger partial charge in [-0.15, -0.1) is 0 Å². The summed E-state index contributed by atoms with van der Waals surface area (Å²) in [6.45, 7) is 0.208. The van der Waals surface area contributed by atoms with Crippen LogP contribution in [0.4, 0.5) is 0 Å². The van der Waals surface area contributed by atoms with Gasteiger partial charge >= 0.3 is 0 Å². The summed E-state index contributed by atoms with van der Waals surface area (Å²) >= 11 is 0. The number of aromatic nitrogens is 1. The number of aromatic amines is 1. The third-order valence-corrected chi connectivity index (χ3v) is 6.41. The highest BCUT2D eigenvalue weighted by Crippen LogP contribution is 2.42. The van der Waals surface area contributed by atoms with Crippen LogP contribution in [0.1, 0.15) is 63.1 Å². The Morgan fingerprint density at radius 3 is 2.59 bits per heavy atom. The van der Waals surface area contributed by atoms with Gasteiger partial charge < -0.3 is 15.2 Å². The lowest BCUT2D eigenvalue weighted by Crippen LogP contribution is -2.22. The molecule has 2 aromatic rings. The Balaban J connectivity index is 1.62. The molecule has 3 rings (SSSR count). The third-order valence-electron chi connectivity index (χ3n) is 6.41. The monoisotopic (exact) mass is 401 g/mol. The topological polar surface area (TPSA) is 115 Å². The van der Waals surface area contributed by atoms with Crippen LogP contribution in [0.3, 0.4) is 0 Å². The summed E-state index contributed by atoms with van der Waals surface area (Å²) < 4.78 is 0. The number of aliphatic hydroxyl groups is 2. The number of rotatable bonds is 12. The van der Waals surface area contributed by atoms with Crippen LogP contribution in [0.5, 0.6) is 0 Å². The minimum absolute atomic E-state index is 0.0195. The summed E-state index contributed by atoms with van der Waals surface area (Å²) in [6, 6.07) is 8.90. The first-order valence-corrected chi connectivity index (χ1v) is 10.7. The Bertz CT molecular complexity index is 760. The molecular formula is C22H31N3O4. The average Bonchev–Trinajstić information content (AvgIpc) is 3.29. The van der Waals surface area contributed by atoms with Crippen molar-refractivity contribution in [3.8, 4) is 0 Å². The highest BCUT2D eigenvalue weighted by molar-refractivity contribution is 5.80. The summed E-state index contributed by atoms with van der Waals surface area (Å²) in [5.74, 6) is 0.0100. The number of para-hydroxylation sites is 1. The molecule has 7 heteroatoms. The molecule has 0 amide bonds. The molecule has 0 bridgehead atoms. The Labute approximate surface area is 170 Å². The molecular weight excluding hydrogens is 370 g/mol. The third kappa shape index (κ3) is 5.28. The smallest absolute Gasteiger partial charge is 0.132 e. The number of hydrogen-bond donors (Lipinski definition) is 3. The standard InChI is InChI=1S/C22H31N3O4/c26-12-6-2-1-3-8-17-16(20(25-29)14-22(17)27)10-11-19(24-28)21-13-15-7-4-5-9-18(15)23-21/h4-5,7,9,13,16-17,19-20,22-23,26-27H,1-3,6,8,10-12,14H2/t16-,17-,19-,20-,22+/m1/s1. The van der Waals surface area contributed by atoms with Gasteiger partial charge in [-0.05, 0) is 61.5 Å². The maximum Gasteiger partial charge on any atom is 0.132 e. The number of aliphatic hydroxyl groups excluding tert-OH is 2. The average molecular weight is 402 g/mol. The lowest BCUT2D eigenvalue weighted by Gasteiger charge is -2.24. The van der Waals surface area contributed by atoms with Crippen LogP contribution in [0.15, 0.2) is 40.7 Å². The van der Waals surface area contributed by atoms with E-state index in [9.17, 15) is 14.9 Å². The highest BCUT2D eigenvalue weighted by Gasteiger charge is 2.43. The number of nitrogens with one attached hydrogen (secondary N) is 1. The molecule has 7 nitrogen and oxygen atoms in total. The van der Waals surface area contributed by atoms with E-state index < -0.39 is 18.2 Å². The second-order valence-electron chi connectivity index (χ2n) is 8.24. The molecule has 1 heterocycles. The highest BCUT2D eigenvalue weighted by atomic mass is 16.3.